The maximum atomic E-state index is 12.6. The summed E-state index contributed by atoms with van der Waals surface area (Å²) in [5.74, 6) is -0.195. The Hall–Kier alpha value is -3.07. The van der Waals surface area contributed by atoms with E-state index in [1.165, 1.54) is 30.3 Å². The molecule has 0 aliphatic rings. The number of nitrogens with one attached hydrogen (secondary N) is 4. The second-order valence-electron chi connectivity index (χ2n) is 6.08. The van der Waals surface area contributed by atoms with Crippen LogP contribution in [0.5, 0.6) is 0 Å². The van der Waals surface area contributed by atoms with Crippen LogP contribution in [0.15, 0.2) is 52.2 Å². The van der Waals surface area contributed by atoms with E-state index in [2.05, 4.69) is 20.0 Å². The molecule has 0 aliphatic heterocycles. The van der Waals surface area contributed by atoms with E-state index in [1.807, 2.05) is 6.92 Å². The van der Waals surface area contributed by atoms with Gasteiger partial charge in [-0.2, -0.15) is 0 Å². The number of hydrogen-bond donors (Lipinski definition) is 4. The maximum absolute atomic E-state index is 12.6. The van der Waals surface area contributed by atoms with Gasteiger partial charge in [0.2, 0.25) is 0 Å². The maximum Gasteiger partial charge on any atom is 0.323 e. The van der Waals surface area contributed by atoms with E-state index in [9.17, 15) is 18.0 Å². The van der Waals surface area contributed by atoms with Crippen LogP contribution < -0.4 is 15.7 Å². The number of amides is 1. The van der Waals surface area contributed by atoms with Crippen LogP contribution in [0.2, 0.25) is 0 Å². The number of fused-ring (bicyclic) bond motifs is 1. The van der Waals surface area contributed by atoms with Gasteiger partial charge in [-0.3, -0.25) is 9.52 Å². The fourth-order valence-corrected chi connectivity index (χ4v) is 3.65. The highest BCUT2D eigenvalue weighted by Crippen LogP contribution is 2.19. The van der Waals surface area contributed by atoms with Crippen LogP contribution in [0.4, 0.5) is 5.69 Å². The highest BCUT2D eigenvalue weighted by atomic mass is 32.2. The Balaban J connectivity index is 1.74. The lowest BCUT2D eigenvalue weighted by molar-refractivity contribution is 0.0953. The number of H-pyrrole nitrogens is 2. The van der Waals surface area contributed by atoms with Crippen LogP contribution in [0.3, 0.4) is 0 Å². The topological polar surface area (TPSA) is 124 Å². The zero-order chi connectivity index (χ0) is 19.4. The molecule has 8 nitrogen and oxygen atoms in total. The van der Waals surface area contributed by atoms with Crippen molar-refractivity contribution in [3.63, 3.8) is 0 Å². The van der Waals surface area contributed by atoms with Gasteiger partial charge in [0.05, 0.1) is 15.9 Å². The minimum absolute atomic E-state index is 0.0200. The van der Waals surface area contributed by atoms with Crippen LogP contribution in [0.25, 0.3) is 11.0 Å². The van der Waals surface area contributed by atoms with Crippen molar-refractivity contribution in [2.24, 2.45) is 0 Å². The second-order valence-corrected chi connectivity index (χ2v) is 7.76. The first-order valence-corrected chi connectivity index (χ1v) is 10.0. The molecule has 1 heterocycles. The van der Waals surface area contributed by atoms with E-state index in [1.54, 1.807) is 12.1 Å². The molecule has 3 aromatic rings. The number of imidazole rings is 1. The molecule has 4 N–H and O–H groups in total. The van der Waals surface area contributed by atoms with Crippen molar-refractivity contribution < 1.29 is 13.2 Å². The number of aromatic amines is 2. The number of sulfonamides is 1. The summed E-state index contributed by atoms with van der Waals surface area (Å²) >= 11 is 0. The number of rotatable bonds is 7. The molecule has 0 fully saturated rings. The van der Waals surface area contributed by atoms with E-state index in [0.29, 0.717) is 28.8 Å². The Kier molecular flexibility index (Phi) is 5.31. The summed E-state index contributed by atoms with van der Waals surface area (Å²) in [5.41, 5.74) is 1.32. The number of aromatic nitrogens is 2. The first-order valence-electron chi connectivity index (χ1n) is 8.52. The zero-order valence-electron chi connectivity index (χ0n) is 14.7. The quantitative estimate of drug-likeness (QED) is 0.463. The lowest BCUT2D eigenvalue weighted by Crippen LogP contribution is -2.24. The third-order valence-corrected chi connectivity index (χ3v) is 5.39. The summed E-state index contributed by atoms with van der Waals surface area (Å²) in [6.07, 6.45) is 1.89. The number of benzene rings is 2. The van der Waals surface area contributed by atoms with E-state index in [4.69, 9.17) is 0 Å². The molecule has 0 radical (unpaired) electrons. The van der Waals surface area contributed by atoms with Crippen molar-refractivity contribution in [1.29, 1.82) is 0 Å². The zero-order valence-corrected chi connectivity index (χ0v) is 15.5. The van der Waals surface area contributed by atoms with Gasteiger partial charge < -0.3 is 15.3 Å². The Morgan fingerprint density at radius 3 is 2.44 bits per heavy atom. The molecule has 0 saturated carbocycles. The Bertz CT molecular complexity index is 1110. The van der Waals surface area contributed by atoms with Crippen LogP contribution >= 0.6 is 0 Å². The Morgan fingerprint density at radius 1 is 1.04 bits per heavy atom. The lowest BCUT2D eigenvalue weighted by atomic mass is 10.2. The van der Waals surface area contributed by atoms with Gasteiger partial charge in [-0.05, 0) is 48.9 Å². The first kappa shape index (κ1) is 18.7. The van der Waals surface area contributed by atoms with Gasteiger partial charge in [0.1, 0.15) is 0 Å². The second kappa shape index (κ2) is 7.67. The van der Waals surface area contributed by atoms with Crippen molar-refractivity contribution in [3.8, 4) is 0 Å². The predicted molar refractivity (Wildman–Crippen MR) is 103 cm³/mol. The molecule has 1 amide bonds. The normalized spacial score (nSPS) is 11.4. The first-order chi connectivity index (χ1) is 12.9. The standard InChI is InChI=1S/C18H20N4O4S/c1-2-3-10-19-17(23)12-4-6-13(7-5-12)22-27(25,26)14-8-9-15-16(11-14)21-18(24)20-15/h4-9,11,22H,2-3,10H2,1H3,(H,19,23)(H2,20,21,24). The molecule has 2 aromatic carbocycles. The molecule has 0 saturated heterocycles. The van der Waals surface area contributed by atoms with Gasteiger partial charge in [0.25, 0.3) is 15.9 Å². The predicted octanol–water partition coefficient (Wildman–Crippen LogP) is 2.19. The number of carbonyl (C=O) groups excluding carboxylic acids is 1. The van der Waals surface area contributed by atoms with Crippen LogP contribution in [-0.4, -0.2) is 30.8 Å². The fraction of sp³-hybridized carbons (Fsp3) is 0.222. The summed E-state index contributed by atoms with van der Waals surface area (Å²) in [6.45, 7) is 2.64. The average Bonchev–Trinajstić information content (AvgIpc) is 3.01. The van der Waals surface area contributed by atoms with Gasteiger partial charge in [-0.25, -0.2) is 13.2 Å². The van der Waals surface area contributed by atoms with Gasteiger partial charge in [0.15, 0.2) is 0 Å². The Labute approximate surface area is 156 Å². The van der Waals surface area contributed by atoms with Crippen molar-refractivity contribution >= 4 is 32.7 Å². The lowest BCUT2D eigenvalue weighted by Gasteiger charge is -2.09. The van der Waals surface area contributed by atoms with E-state index in [-0.39, 0.29) is 10.8 Å². The summed E-state index contributed by atoms with van der Waals surface area (Å²) in [5, 5.41) is 2.80. The molecular formula is C18H20N4O4S. The monoisotopic (exact) mass is 388 g/mol. The molecule has 27 heavy (non-hydrogen) atoms. The average molecular weight is 388 g/mol. The van der Waals surface area contributed by atoms with Crippen molar-refractivity contribution in [2.45, 2.75) is 24.7 Å². The van der Waals surface area contributed by atoms with Gasteiger partial charge in [0, 0.05) is 17.8 Å². The molecule has 9 heteroatoms. The Morgan fingerprint density at radius 2 is 1.74 bits per heavy atom. The summed E-state index contributed by atoms with van der Waals surface area (Å²) < 4.78 is 27.6. The van der Waals surface area contributed by atoms with E-state index < -0.39 is 15.7 Å². The molecule has 0 unspecified atom stereocenters. The van der Waals surface area contributed by atoms with Crippen molar-refractivity contribution in [3.05, 3.63) is 58.5 Å². The molecule has 0 spiro atoms. The van der Waals surface area contributed by atoms with Crippen LogP contribution in [0, 0.1) is 0 Å². The number of carbonyl (C=O) groups is 1. The minimum Gasteiger partial charge on any atom is -0.352 e. The van der Waals surface area contributed by atoms with E-state index in [0.717, 1.165) is 12.8 Å². The minimum atomic E-state index is -3.83. The summed E-state index contributed by atoms with van der Waals surface area (Å²) in [6, 6.07) is 10.5. The summed E-state index contributed by atoms with van der Waals surface area (Å²) in [7, 11) is -3.83. The summed E-state index contributed by atoms with van der Waals surface area (Å²) in [4.78, 5) is 28.4. The van der Waals surface area contributed by atoms with Gasteiger partial charge in [-0.1, -0.05) is 13.3 Å². The van der Waals surface area contributed by atoms with Gasteiger partial charge >= 0.3 is 5.69 Å². The smallest absolute Gasteiger partial charge is 0.323 e. The number of hydrogen-bond acceptors (Lipinski definition) is 4. The molecule has 0 aliphatic carbocycles. The van der Waals surface area contributed by atoms with Crippen molar-refractivity contribution in [2.75, 3.05) is 11.3 Å². The molecule has 1 aromatic heterocycles. The largest absolute Gasteiger partial charge is 0.352 e. The SMILES string of the molecule is CCCCNC(=O)c1ccc(NS(=O)(=O)c2ccc3[nH]c(=O)[nH]c3c2)cc1. The van der Waals surface area contributed by atoms with Crippen LogP contribution in [0.1, 0.15) is 30.1 Å². The molecule has 0 bridgehead atoms. The molecule has 3 rings (SSSR count). The fourth-order valence-electron chi connectivity index (χ4n) is 2.56. The third-order valence-electron chi connectivity index (χ3n) is 4.01. The highest BCUT2D eigenvalue weighted by Gasteiger charge is 2.16. The third kappa shape index (κ3) is 4.37. The van der Waals surface area contributed by atoms with E-state index >= 15 is 0 Å². The number of unbranched alkanes of at least 4 members (excludes halogenated alkanes) is 1. The number of anilines is 1. The molecular weight excluding hydrogens is 368 g/mol. The molecule has 142 valence electrons. The highest BCUT2D eigenvalue weighted by molar-refractivity contribution is 7.92. The molecule has 0 atom stereocenters. The van der Waals surface area contributed by atoms with Gasteiger partial charge in [-0.15, -0.1) is 0 Å². The van der Waals surface area contributed by atoms with Crippen LogP contribution in [-0.2, 0) is 10.0 Å². The van der Waals surface area contributed by atoms with Crippen molar-refractivity contribution in [1.82, 2.24) is 15.3 Å².